The summed E-state index contributed by atoms with van der Waals surface area (Å²) in [6.45, 7) is 3.59. The highest BCUT2D eigenvalue weighted by Gasteiger charge is 2.30. The molecule has 8 aromatic rings. The number of benzene rings is 4. The first-order chi connectivity index (χ1) is 24.4. The molecular weight excluding hydrogens is 671 g/mol. The van der Waals surface area contributed by atoms with Crippen molar-refractivity contribution in [3.05, 3.63) is 154 Å². The van der Waals surface area contributed by atoms with Crippen molar-refractivity contribution in [2.75, 3.05) is 0 Å². The Kier molecular flexibility index (Phi) is 9.86. The maximum Gasteiger partial charge on any atom is 0.0714 e. The molecule has 0 bridgehead atoms. The molecule has 0 fully saturated rings. The van der Waals surface area contributed by atoms with Crippen molar-refractivity contribution in [2.45, 2.75) is 57.7 Å². The second kappa shape index (κ2) is 14.5. The lowest BCUT2D eigenvalue weighted by molar-refractivity contribution is 0.369. The molecule has 0 radical (unpaired) electrons. The van der Waals surface area contributed by atoms with Crippen LogP contribution in [0.3, 0.4) is 0 Å². The van der Waals surface area contributed by atoms with Gasteiger partial charge in [0, 0.05) is 86.5 Å². The zero-order chi connectivity index (χ0) is 34.2. The molecule has 0 amide bonds. The largest absolute Gasteiger partial charge is 0.344 e. The van der Waals surface area contributed by atoms with E-state index in [9.17, 15) is 0 Å². The Morgan fingerprint density at radius 2 is 1.08 bits per heavy atom. The molecule has 0 saturated carbocycles. The van der Waals surface area contributed by atoms with E-state index in [1.54, 1.807) is 0 Å². The van der Waals surface area contributed by atoms with Gasteiger partial charge in [0.15, 0.2) is 0 Å². The third-order valence-electron chi connectivity index (χ3n) is 10.0. The van der Waals surface area contributed by atoms with Gasteiger partial charge in [0.25, 0.3) is 0 Å². The number of fused-ring (bicyclic) bond motifs is 6. The van der Waals surface area contributed by atoms with Crippen molar-refractivity contribution in [1.82, 2.24) is 25.3 Å². The van der Waals surface area contributed by atoms with E-state index in [4.69, 9.17) is 38.9 Å². The van der Waals surface area contributed by atoms with Crippen molar-refractivity contribution < 1.29 is 0 Å². The van der Waals surface area contributed by atoms with Crippen LogP contribution in [0.15, 0.2) is 122 Å². The summed E-state index contributed by atoms with van der Waals surface area (Å²) >= 11 is 12.9. The minimum absolute atomic E-state index is 0. The molecule has 51 heavy (non-hydrogen) atoms. The second-order valence-corrected chi connectivity index (χ2v) is 14.5. The highest BCUT2D eigenvalue weighted by molar-refractivity contribution is 6.31. The van der Waals surface area contributed by atoms with Gasteiger partial charge in [-0.05, 0) is 66.1 Å². The summed E-state index contributed by atoms with van der Waals surface area (Å²) in [5.74, 6) is 0. The van der Waals surface area contributed by atoms with Crippen LogP contribution >= 0.6 is 23.2 Å². The van der Waals surface area contributed by atoms with E-state index in [0.29, 0.717) is 25.9 Å². The lowest BCUT2D eigenvalue weighted by Gasteiger charge is -2.30. The van der Waals surface area contributed by atoms with E-state index in [1.807, 2.05) is 48.8 Å². The third kappa shape index (κ3) is 6.73. The molecule has 4 aromatic carbocycles. The Labute approximate surface area is 308 Å². The lowest BCUT2D eigenvalue weighted by atomic mass is 9.83. The fourth-order valence-electron chi connectivity index (χ4n) is 7.80. The van der Waals surface area contributed by atoms with Crippen molar-refractivity contribution >= 4 is 66.8 Å². The molecule has 0 spiro atoms. The molecule has 0 unspecified atom stereocenters. The van der Waals surface area contributed by atoms with Crippen molar-refractivity contribution in [3.63, 3.8) is 0 Å². The van der Waals surface area contributed by atoms with E-state index in [2.05, 4.69) is 88.9 Å². The SMILES string of the molecule is CCCCC(N)(Cc1nccc2c3ccccc3n(Cc3cccc(Cl)c3)c12)Cc1nccc2c3ccccc3n(Cc3cccc(Cl)c3)c12.N. The number of pyridine rings is 2. The Bertz CT molecular complexity index is 2330. The summed E-state index contributed by atoms with van der Waals surface area (Å²) in [6.07, 6.45) is 8.03. The first-order valence-electron chi connectivity index (χ1n) is 17.4. The second-order valence-electron chi connectivity index (χ2n) is 13.6. The number of hydrogen-bond donors (Lipinski definition) is 2. The molecule has 0 aliphatic rings. The number of nitrogens with two attached hydrogens (primary N) is 1. The number of hydrogen-bond acceptors (Lipinski definition) is 4. The normalized spacial score (nSPS) is 11.9. The average Bonchev–Trinajstić information content (AvgIpc) is 3.61. The summed E-state index contributed by atoms with van der Waals surface area (Å²) in [7, 11) is 0. The van der Waals surface area contributed by atoms with Gasteiger partial charge in [-0.1, -0.05) is 104 Å². The Balaban J connectivity index is 0.00000406. The van der Waals surface area contributed by atoms with Gasteiger partial charge in [-0.3, -0.25) is 9.97 Å². The highest BCUT2D eigenvalue weighted by atomic mass is 35.5. The van der Waals surface area contributed by atoms with Crippen LogP contribution in [0.2, 0.25) is 10.0 Å². The molecule has 0 atom stereocenters. The fourth-order valence-corrected chi connectivity index (χ4v) is 8.23. The zero-order valence-electron chi connectivity index (χ0n) is 28.8. The van der Waals surface area contributed by atoms with Crippen LogP contribution in [-0.4, -0.2) is 24.6 Å². The minimum atomic E-state index is -0.590. The minimum Gasteiger partial charge on any atom is -0.344 e. The van der Waals surface area contributed by atoms with Crippen LogP contribution in [-0.2, 0) is 25.9 Å². The van der Waals surface area contributed by atoms with E-state index >= 15 is 0 Å². The number of nitrogens with zero attached hydrogens (tertiary/aromatic N) is 4. The summed E-state index contributed by atoms with van der Waals surface area (Å²) < 4.78 is 4.78. The van der Waals surface area contributed by atoms with Crippen molar-refractivity contribution in [1.29, 1.82) is 0 Å². The molecule has 8 heteroatoms. The van der Waals surface area contributed by atoms with E-state index < -0.39 is 5.54 Å². The third-order valence-corrected chi connectivity index (χ3v) is 10.5. The molecule has 0 saturated heterocycles. The van der Waals surface area contributed by atoms with Gasteiger partial charge < -0.3 is 21.0 Å². The van der Waals surface area contributed by atoms with Gasteiger partial charge in [0.1, 0.15) is 0 Å². The van der Waals surface area contributed by atoms with Gasteiger partial charge in [-0.25, -0.2) is 0 Å². The Morgan fingerprint density at radius 1 is 0.608 bits per heavy atom. The van der Waals surface area contributed by atoms with Crippen molar-refractivity contribution in [3.8, 4) is 0 Å². The number of aromatic nitrogens is 4. The number of unbranched alkanes of at least 4 members (excludes halogenated alkanes) is 1. The van der Waals surface area contributed by atoms with E-state index in [1.165, 1.54) is 32.6 Å². The van der Waals surface area contributed by atoms with Crippen LogP contribution in [0.4, 0.5) is 0 Å². The van der Waals surface area contributed by atoms with Crippen LogP contribution in [0.1, 0.15) is 48.7 Å². The smallest absolute Gasteiger partial charge is 0.0714 e. The van der Waals surface area contributed by atoms with Gasteiger partial charge >= 0.3 is 0 Å². The molecular formula is C43H42Cl2N6. The van der Waals surface area contributed by atoms with Gasteiger partial charge in [0.2, 0.25) is 0 Å². The van der Waals surface area contributed by atoms with E-state index in [-0.39, 0.29) is 6.15 Å². The Hall–Kier alpha value is -4.72. The first-order valence-corrected chi connectivity index (χ1v) is 18.1. The maximum absolute atomic E-state index is 7.63. The number of rotatable bonds is 11. The predicted octanol–water partition coefficient (Wildman–Crippen LogP) is 10.9. The van der Waals surface area contributed by atoms with Gasteiger partial charge in [0.05, 0.1) is 22.4 Å². The average molecular weight is 714 g/mol. The summed E-state index contributed by atoms with van der Waals surface area (Å²) in [5, 5.41) is 6.26. The highest BCUT2D eigenvalue weighted by Crippen LogP contribution is 2.36. The molecule has 6 nitrogen and oxygen atoms in total. The first kappa shape index (κ1) is 34.7. The van der Waals surface area contributed by atoms with Crippen LogP contribution in [0, 0.1) is 0 Å². The van der Waals surface area contributed by atoms with Gasteiger partial charge in [-0.15, -0.1) is 0 Å². The van der Waals surface area contributed by atoms with Gasteiger partial charge in [-0.2, -0.15) is 0 Å². The monoisotopic (exact) mass is 712 g/mol. The number of para-hydroxylation sites is 2. The topological polar surface area (TPSA) is 96.7 Å². The predicted molar refractivity (Wildman–Crippen MR) is 214 cm³/mol. The molecule has 8 rings (SSSR count). The standard InChI is InChI=1S/C43H39Cl2N5.H3N/c1-2-3-20-43(46,25-37-41-35(18-21-47-37)33-14-4-6-16-39(33)49(41)27-29-10-8-12-31(44)23-29)26-38-42-36(19-22-48-38)34-15-5-7-17-40(34)50(42)28-30-11-9-13-32(45)24-30;/h4-19,21-24H,2-3,20,25-28,46H2,1H3;1H3. The number of halogens is 2. The van der Waals surface area contributed by atoms with E-state index in [0.717, 1.165) is 62.9 Å². The molecule has 0 aliphatic heterocycles. The lowest BCUT2D eigenvalue weighted by Crippen LogP contribution is -2.45. The zero-order valence-corrected chi connectivity index (χ0v) is 30.3. The molecule has 4 heterocycles. The van der Waals surface area contributed by atoms with Crippen LogP contribution in [0.25, 0.3) is 43.6 Å². The maximum atomic E-state index is 7.63. The Morgan fingerprint density at radius 3 is 1.53 bits per heavy atom. The summed E-state index contributed by atoms with van der Waals surface area (Å²) in [6, 6.07) is 37.7. The summed E-state index contributed by atoms with van der Waals surface area (Å²) in [5.41, 5.74) is 15.9. The summed E-state index contributed by atoms with van der Waals surface area (Å²) in [4.78, 5) is 10.1. The quantitative estimate of drug-likeness (QED) is 0.139. The molecule has 4 aromatic heterocycles. The molecule has 258 valence electrons. The van der Waals surface area contributed by atoms with Crippen LogP contribution < -0.4 is 11.9 Å². The van der Waals surface area contributed by atoms with Crippen LogP contribution in [0.5, 0.6) is 0 Å². The van der Waals surface area contributed by atoms with Crippen molar-refractivity contribution in [2.24, 2.45) is 5.73 Å². The fraction of sp³-hybridized carbons (Fsp3) is 0.209. The molecule has 0 aliphatic carbocycles. The molecule has 5 N–H and O–H groups in total.